The van der Waals surface area contributed by atoms with E-state index in [9.17, 15) is 10.2 Å². The van der Waals surface area contributed by atoms with Gasteiger partial charge in [-0.2, -0.15) is 0 Å². The predicted octanol–water partition coefficient (Wildman–Crippen LogP) is 8.84. The van der Waals surface area contributed by atoms with E-state index >= 15 is 0 Å². The normalized spacial score (nSPS) is 14.3. The number of hydrogen-bond acceptors (Lipinski definition) is 2. The fraction of sp³-hybridized carbons (Fsp3) is 0.314. The summed E-state index contributed by atoms with van der Waals surface area (Å²) in [6.07, 6.45) is 2.11. The van der Waals surface area contributed by atoms with Crippen molar-refractivity contribution in [2.24, 2.45) is 0 Å². The van der Waals surface area contributed by atoms with Gasteiger partial charge in [0.2, 0.25) is 0 Å². The Morgan fingerprint density at radius 3 is 1.22 bits per heavy atom. The molecule has 1 aliphatic carbocycles. The topological polar surface area (TPSA) is 40.5 Å². The summed E-state index contributed by atoms with van der Waals surface area (Å²) in [4.78, 5) is 0. The van der Waals surface area contributed by atoms with Crippen molar-refractivity contribution in [3.8, 4) is 22.6 Å². The summed E-state index contributed by atoms with van der Waals surface area (Å²) >= 11 is 0. The number of phenols is 2. The van der Waals surface area contributed by atoms with Crippen LogP contribution in [0.15, 0.2) is 84.9 Å². The molecule has 2 N–H and O–H groups in total. The Kier molecular flexibility index (Phi) is 5.98. The molecule has 4 aromatic rings. The van der Waals surface area contributed by atoms with Crippen molar-refractivity contribution in [1.29, 1.82) is 0 Å². The summed E-state index contributed by atoms with van der Waals surface area (Å²) in [6.45, 7) is 13.6. The van der Waals surface area contributed by atoms with E-state index in [1.165, 1.54) is 11.1 Å². The van der Waals surface area contributed by atoms with Crippen molar-refractivity contribution < 1.29 is 10.2 Å². The van der Waals surface area contributed by atoms with Gasteiger partial charge < -0.3 is 10.2 Å². The zero-order valence-electron chi connectivity index (χ0n) is 22.9. The standard InChI is InChI=1S/C35H38O2/c1-7-33(3,4)23-9-13-25(14-10-23)35(26-15-11-24(12-16-26)34(5,6)8-2)31-21-27(36)17-19-29(31)30-20-18-28(37)22-32(30)35/h9-22,36-37H,7-8H2,1-6H3. The van der Waals surface area contributed by atoms with E-state index in [0.717, 1.165) is 46.2 Å². The molecule has 0 radical (unpaired) electrons. The van der Waals surface area contributed by atoms with E-state index in [1.54, 1.807) is 12.1 Å². The van der Waals surface area contributed by atoms with Crippen molar-refractivity contribution in [3.63, 3.8) is 0 Å². The summed E-state index contributed by atoms with van der Waals surface area (Å²) in [5.41, 5.74) is 8.62. The highest BCUT2D eigenvalue weighted by Gasteiger charge is 2.46. The number of benzene rings is 4. The lowest BCUT2D eigenvalue weighted by Crippen LogP contribution is -2.29. The van der Waals surface area contributed by atoms with Crippen LogP contribution >= 0.6 is 0 Å². The lowest BCUT2D eigenvalue weighted by molar-refractivity contribution is 0.473. The summed E-state index contributed by atoms with van der Waals surface area (Å²) in [6, 6.07) is 29.3. The van der Waals surface area contributed by atoms with Crippen LogP contribution in [0.4, 0.5) is 0 Å². The SMILES string of the molecule is CCC(C)(C)c1ccc(C2(c3ccc(C(C)(C)CC)cc3)c3cc(O)ccc3-c3ccc(O)cc32)cc1. The molecular formula is C35H38O2. The second-order valence-electron chi connectivity index (χ2n) is 11.8. The molecular weight excluding hydrogens is 452 g/mol. The Bertz CT molecular complexity index is 1330. The molecule has 0 fully saturated rings. The molecule has 0 unspecified atom stereocenters. The molecule has 37 heavy (non-hydrogen) atoms. The van der Waals surface area contributed by atoms with E-state index in [4.69, 9.17) is 0 Å². The van der Waals surface area contributed by atoms with Crippen LogP contribution in [0.1, 0.15) is 87.8 Å². The quantitative estimate of drug-likeness (QED) is 0.250. The van der Waals surface area contributed by atoms with Gasteiger partial charge in [-0.25, -0.2) is 0 Å². The number of hydrogen-bond donors (Lipinski definition) is 2. The van der Waals surface area contributed by atoms with Gasteiger partial charge >= 0.3 is 0 Å². The molecule has 0 bridgehead atoms. The average molecular weight is 491 g/mol. The number of rotatable bonds is 6. The Morgan fingerprint density at radius 2 is 0.892 bits per heavy atom. The first-order valence-electron chi connectivity index (χ1n) is 13.4. The van der Waals surface area contributed by atoms with Crippen molar-refractivity contribution in [3.05, 3.63) is 118 Å². The Balaban J connectivity index is 1.84. The van der Waals surface area contributed by atoms with Gasteiger partial charge in [-0.15, -0.1) is 0 Å². The number of phenolic OH excluding ortho intramolecular Hbond substituents is 2. The first-order chi connectivity index (χ1) is 17.5. The molecule has 5 rings (SSSR count). The lowest BCUT2D eigenvalue weighted by atomic mass is 9.66. The van der Waals surface area contributed by atoms with E-state index in [0.29, 0.717) is 0 Å². The minimum atomic E-state index is -0.661. The molecule has 2 heteroatoms. The minimum absolute atomic E-state index is 0.0844. The van der Waals surface area contributed by atoms with Gasteiger partial charge in [0, 0.05) is 0 Å². The summed E-state index contributed by atoms with van der Waals surface area (Å²) in [7, 11) is 0. The maximum absolute atomic E-state index is 10.7. The van der Waals surface area contributed by atoms with Gasteiger partial charge in [0.1, 0.15) is 11.5 Å². The van der Waals surface area contributed by atoms with Crippen LogP contribution in [0.5, 0.6) is 11.5 Å². The summed E-state index contributed by atoms with van der Waals surface area (Å²) in [5.74, 6) is 0.486. The van der Waals surface area contributed by atoms with Gasteiger partial charge in [0.05, 0.1) is 5.41 Å². The first-order valence-corrected chi connectivity index (χ1v) is 13.4. The highest BCUT2D eigenvalue weighted by molar-refractivity contribution is 5.87. The number of aromatic hydroxyl groups is 2. The van der Waals surface area contributed by atoms with Crippen molar-refractivity contribution in [2.75, 3.05) is 0 Å². The van der Waals surface area contributed by atoms with E-state index < -0.39 is 5.41 Å². The summed E-state index contributed by atoms with van der Waals surface area (Å²) < 4.78 is 0. The molecule has 1 aliphatic rings. The predicted molar refractivity (Wildman–Crippen MR) is 154 cm³/mol. The average Bonchev–Trinajstić information content (AvgIpc) is 3.18. The molecule has 0 heterocycles. The Morgan fingerprint density at radius 1 is 0.541 bits per heavy atom. The van der Waals surface area contributed by atoms with Gasteiger partial charge in [-0.3, -0.25) is 0 Å². The Labute approximate surface area is 221 Å². The van der Waals surface area contributed by atoms with E-state index in [1.807, 2.05) is 24.3 Å². The second kappa shape index (κ2) is 8.80. The monoisotopic (exact) mass is 490 g/mol. The molecule has 0 atom stereocenters. The molecule has 0 amide bonds. The van der Waals surface area contributed by atoms with Gasteiger partial charge in [-0.1, -0.05) is 102 Å². The first kappa shape index (κ1) is 25.1. The Hall–Kier alpha value is -3.52. The zero-order valence-corrected chi connectivity index (χ0v) is 22.9. The molecule has 0 saturated heterocycles. The lowest BCUT2D eigenvalue weighted by Gasteiger charge is -2.35. The molecule has 190 valence electrons. The van der Waals surface area contributed by atoms with Gasteiger partial charge in [0.15, 0.2) is 0 Å². The van der Waals surface area contributed by atoms with Crippen molar-refractivity contribution in [2.45, 2.75) is 70.6 Å². The fourth-order valence-electron chi connectivity index (χ4n) is 5.84. The van der Waals surface area contributed by atoms with Crippen molar-refractivity contribution >= 4 is 0 Å². The third-order valence-electron chi connectivity index (χ3n) is 9.07. The third-order valence-corrected chi connectivity index (χ3v) is 9.07. The minimum Gasteiger partial charge on any atom is -0.508 e. The van der Waals surface area contributed by atoms with Crippen LogP contribution in [0.2, 0.25) is 0 Å². The summed E-state index contributed by atoms with van der Waals surface area (Å²) in [5, 5.41) is 21.3. The van der Waals surface area contributed by atoms with Gasteiger partial charge in [0.25, 0.3) is 0 Å². The maximum Gasteiger partial charge on any atom is 0.115 e. The zero-order chi connectivity index (χ0) is 26.6. The smallest absolute Gasteiger partial charge is 0.115 e. The van der Waals surface area contributed by atoms with Crippen LogP contribution in [0, 0.1) is 0 Å². The number of fused-ring (bicyclic) bond motifs is 3. The molecule has 4 aromatic carbocycles. The molecule has 2 nitrogen and oxygen atoms in total. The highest BCUT2D eigenvalue weighted by Crippen LogP contribution is 2.57. The molecule has 0 aliphatic heterocycles. The molecule has 0 saturated carbocycles. The highest BCUT2D eigenvalue weighted by atomic mass is 16.3. The fourth-order valence-corrected chi connectivity index (χ4v) is 5.84. The van der Waals surface area contributed by atoms with Crippen LogP contribution < -0.4 is 0 Å². The van der Waals surface area contributed by atoms with Crippen LogP contribution in [-0.2, 0) is 16.2 Å². The van der Waals surface area contributed by atoms with E-state index in [-0.39, 0.29) is 22.3 Å². The van der Waals surface area contributed by atoms with Crippen LogP contribution in [-0.4, -0.2) is 10.2 Å². The largest absolute Gasteiger partial charge is 0.508 e. The van der Waals surface area contributed by atoms with Crippen LogP contribution in [0.25, 0.3) is 11.1 Å². The maximum atomic E-state index is 10.7. The van der Waals surface area contributed by atoms with Crippen molar-refractivity contribution in [1.82, 2.24) is 0 Å². The molecule has 0 spiro atoms. The van der Waals surface area contributed by atoms with Crippen LogP contribution in [0.3, 0.4) is 0 Å². The second-order valence-corrected chi connectivity index (χ2v) is 11.8. The van der Waals surface area contributed by atoms with Gasteiger partial charge in [-0.05, 0) is 92.4 Å². The van der Waals surface area contributed by atoms with E-state index in [2.05, 4.69) is 90.1 Å². The third kappa shape index (κ3) is 3.85. The molecule has 0 aromatic heterocycles.